The van der Waals surface area contributed by atoms with Crippen LogP contribution < -0.4 is 5.73 Å². The molecule has 2 rings (SSSR count). The van der Waals surface area contributed by atoms with Crippen LogP contribution in [0.1, 0.15) is 28.7 Å². The van der Waals surface area contributed by atoms with Crippen molar-refractivity contribution >= 4 is 23.5 Å². The highest BCUT2D eigenvalue weighted by molar-refractivity contribution is 7.98. The average molecular weight is 304 g/mol. The molecule has 0 aliphatic carbocycles. The van der Waals surface area contributed by atoms with Crippen molar-refractivity contribution in [2.24, 2.45) is 0 Å². The van der Waals surface area contributed by atoms with E-state index in [0.717, 1.165) is 11.4 Å². The molecule has 0 aliphatic heterocycles. The zero-order valence-electron chi connectivity index (χ0n) is 11.9. The maximum atomic E-state index is 11.6. The first-order chi connectivity index (χ1) is 10.1. The Balaban J connectivity index is 2.05. The number of anilines is 1. The summed E-state index contributed by atoms with van der Waals surface area (Å²) in [6.07, 6.45) is 1.40. The van der Waals surface area contributed by atoms with Gasteiger partial charge in [0.1, 0.15) is 11.4 Å². The van der Waals surface area contributed by atoms with E-state index >= 15 is 0 Å². The normalized spacial score (nSPS) is 10.4. The highest BCUT2D eigenvalue weighted by atomic mass is 32.2. The number of aromatic nitrogens is 3. The van der Waals surface area contributed by atoms with Crippen LogP contribution in [0.2, 0.25) is 0 Å². The van der Waals surface area contributed by atoms with Crippen molar-refractivity contribution in [1.82, 2.24) is 15.0 Å². The first kappa shape index (κ1) is 15.2. The second-order valence-corrected chi connectivity index (χ2v) is 5.17. The van der Waals surface area contributed by atoms with Crippen molar-refractivity contribution < 1.29 is 9.53 Å². The summed E-state index contributed by atoms with van der Waals surface area (Å²) in [7, 11) is 0. The molecular weight excluding hydrogens is 288 g/mol. The van der Waals surface area contributed by atoms with Gasteiger partial charge in [-0.15, -0.1) is 0 Å². The van der Waals surface area contributed by atoms with Gasteiger partial charge in [0.05, 0.1) is 12.3 Å². The summed E-state index contributed by atoms with van der Waals surface area (Å²) >= 11 is 1.41. The lowest BCUT2D eigenvalue weighted by molar-refractivity contribution is 0.0526. The number of aryl methyl sites for hydroxylation is 1. The third-order valence-electron chi connectivity index (χ3n) is 2.59. The molecule has 2 heterocycles. The fraction of sp³-hybridized carbons (Fsp3) is 0.286. The van der Waals surface area contributed by atoms with Gasteiger partial charge in [0.2, 0.25) is 0 Å². The van der Waals surface area contributed by atoms with Gasteiger partial charge in [0, 0.05) is 17.6 Å². The molecular formula is C14H16N4O2S. The minimum Gasteiger partial charge on any atom is -0.462 e. The number of hydrogen-bond acceptors (Lipinski definition) is 7. The van der Waals surface area contributed by atoms with Gasteiger partial charge >= 0.3 is 5.97 Å². The first-order valence-electron chi connectivity index (χ1n) is 6.45. The van der Waals surface area contributed by atoms with E-state index in [1.807, 2.05) is 25.1 Å². The Kier molecular flexibility index (Phi) is 5.10. The van der Waals surface area contributed by atoms with Gasteiger partial charge in [-0.3, -0.25) is 4.98 Å². The Morgan fingerprint density at radius 1 is 1.38 bits per heavy atom. The molecule has 0 unspecified atom stereocenters. The number of esters is 1. The van der Waals surface area contributed by atoms with Gasteiger partial charge in [-0.05, 0) is 26.0 Å². The molecule has 0 aromatic carbocycles. The van der Waals surface area contributed by atoms with Gasteiger partial charge in [-0.1, -0.05) is 17.8 Å². The summed E-state index contributed by atoms with van der Waals surface area (Å²) in [5, 5.41) is 0.504. The molecule has 0 spiro atoms. The number of carbonyl (C=O) groups is 1. The smallest absolute Gasteiger partial charge is 0.343 e. The maximum Gasteiger partial charge on any atom is 0.343 e. The van der Waals surface area contributed by atoms with Gasteiger partial charge in [0.25, 0.3) is 0 Å². The van der Waals surface area contributed by atoms with Crippen molar-refractivity contribution in [3.8, 4) is 0 Å². The molecule has 0 aliphatic rings. The molecule has 0 radical (unpaired) electrons. The first-order valence-corrected chi connectivity index (χ1v) is 7.43. The maximum absolute atomic E-state index is 11.6. The summed E-state index contributed by atoms with van der Waals surface area (Å²) in [5.74, 6) is 0.259. The van der Waals surface area contributed by atoms with Crippen LogP contribution in [0, 0.1) is 6.92 Å². The monoisotopic (exact) mass is 304 g/mol. The fourth-order valence-corrected chi connectivity index (χ4v) is 2.36. The number of thioether (sulfide) groups is 1. The molecule has 2 N–H and O–H groups in total. The molecule has 0 saturated heterocycles. The molecule has 110 valence electrons. The standard InChI is InChI=1S/C14H16N4O2S/c1-3-20-13(19)11-7-16-14(18-12(11)15)21-8-10-6-4-5-9(2)17-10/h4-7H,3,8H2,1-2H3,(H2,15,16,18). The predicted molar refractivity (Wildman–Crippen MR) is 80.9 cm³/mol. The Labute approximate surface area is 127 Å². The van der Waals surface area contributed by atoms with Crippen LogP contribution in [-0.4, -0.2) is 27.5 Å². The van der Waals surface area contributed by atoms with Crippen LogP contribution in [-0.2, 0) is 10.5 Å². The lowest BCUT2D eigenvalue weighted by atomic mass is 10.3. The lowest BCUT2D eigenvalue weighted by Gasteiger charge is -2.06. The third kappa shape index (κ3) is 4.16. The Hall–Kier alpha value is -2.15. The van der Waals surface area contributed by atoms with Gasteiger partial charge in [-0.25, -0.2) is 14.8 Å². The fourth-order valence-electron chi connectivity index (χ4n) is 1.63. The van der Waals surface area contributed by atoms with Crippen molar-refractivity contribution in [1.29, 1.82) is 0 Å². The number of rotatable bonds is 5. The molecule has 0 saturated carbocycles. The van der Waals surface area contributed by atoms with Crippen LogP contribution >= 0.6 is 11.8 Å². The Morgan fingerprint density at radius 3 is 2.86 bits per heavy atom. The largest absolute Gasteiger partial charge is 0.462 e. The van der Waals surface area contributed by atoms with Crippen molar-refractivity contribution in [2.75, 3.05) is 12.3 Å². The quantitative estimate of drug-likeness (QED) is 0.514. The summed E-state index contributed by atoms with van der Waals surface area (Å²) in [4.78, 5) is 24.2. The second-order valence-electron chi connectivity index (χ2n) is 4.23. The van der Waals surface area contributed by atoms with Crippen molar-refractivity contribution in [3.63, 3.8) is 0 Å². The van der Waals surface area contributed by atoms with Crippen LogP contribution in [0.15, 0.2) is 29.6 Å². The summed E-state index contributed by atoms with van der Waals surface area (Å²) in [6.45, 7) is 3.96. The highest BCUT2D eigenvalue weighted by Crippen LogP contribution is 2.20. The molecule has 21 heavy (non-hydrogen) atoms. The molecule has 6 nitrogen and oxygen atoms in total. The minimum absolute atomic E-state index is 0.128. The van der Waals surface area contributed by atoms with E-state index in [0.29, 0.717) is 10.9 Å². The molecule has 0 amide bonds. The van der Waals surface area contributed by atoms with Crippen molar-refractivity contribution in [3.05, 3.63) is 41.3 Å². The zero-order chi connectivity index (χ0) is 15.2. The minimum atomic E-state index is -0.507. The van der Waals surface area contributed by atoms with E-state index in [4.69, 9.17) is 10.5 Å². The zero-order valence-corrected chi connectivity index (χ0v) is 12.7. The van der Waals surface area contributed by atoms with Crippen LogP contribution in [0.5, 0.6) is 0 Å². The topological polar surface area (TPSA) is 91.0 Å². The van der Waals surface area contributed by atoms with Gasteiger partial charge in [-0.2, -0.15) is 0 Å². The predicted octanol–water partition coefficient (Wildman–Crippen LogP) is 2.23. The van der Waals surface area contributed by atoms with Crippen LogP contribution in [0.4, 0.5) is 5.82 Å². The highest BCUT2D eigenvalue weighted by Gasteiger charge is 2.13. The number of nitrogens with zero attached hydrogens (tertiary/aromatic N) is 3. The molecule has 7 heteroatoms. The Morgan fingerprint density at radius 2 is 2.19 bits per heavy atom. The Bertz CT molecular complexity index is 649. The van der Waals surface area contributed by atoms with Crippen LogP contribution in [0.3, 0.4) is 0 Å². The number of carbonyl (C=O) groups excluding carboxylic acids is 1. The second kappa shape index (κ2) is 7.03. The number of nitrogen functional groups attached to an aromatic ring is 1. The van der Waals surface area contributed by atoms with E-state index in [1.54, 1.807) is 6.92 Å². The van der Waals surface area contributed by atoms with E-state index in [1.165, 1.54) is 18.0 Å². The van der Waals surface area contributed by atoms with E-state index in [9.17, 15) is 4.79 Å². The molecule has 0 atom stereocenters. The molecule has 2 aromatic rings. The average Bonchev–Trinajstić information content (AvgIpc) is 2.45. The lowest BCUT2D eigenvalue weighted by Crippen LogP contribution is -2.10. The van der Waals surface area contributed by atoms with Gasteiger partial charge in [0.15, 0.2) is 5.16 Å². The van der Waals surface area contributed by atoms with E-state index in [2.05, 4.69) is 15.0 Å². The van der Waals surface area contributed by atoms with Crippen LogP contribution in [0.25, 0.3) is 0 Å². The number of nitrogens with two attached hydrogens (primary N) is 1. The number of pyridine rings is 1. The van der Waals surface area contributed by atoms with Crippen molar-refractivity contribution in [2.45, 2.75) is 24.8 Å². The van der Waals surface area contributed by atoms with E-state index < -0.39 is 5.97 Å². The summed E-state index contributed by atoms with van der Waals surface area (Å²) < 4.78 is 4.88. The molecule has 2 aromatic heterocycles. The summed E-state index contributed by atoms with van der Waals surface area (Å²) in [5.41, 5.74) is 7.86. The third-order valence-corrected chi connectivity index (χ3v) is 3.48. The molecule has 0 fully saturated rings. The number of hydrogen-bond donors (Lipinski definition) is 1. The van der Waals surface area contributed by atoms with Gasteiger partial charge < -0.3 is 10.5 Å². The summed E-state index contributed by atoms with van der Waals surface area (Å²) in [6, 6.07) is 5.84. The number of ether oxygens (including phenoxy) is 1. The SMILES string of the molecule is CCOC(=O)c1cnc(SCc2cccc(C)n2)nc1N. The molecule has 0 bridgehead atoms. The van der Waals surface area contributed by atoms with E-state index in [-0.39, 0.29) is 18.0 Å².